The summed E-state index contributed by atoms with van der Waals surface area (Å²) in [4.78, 5) is 31.2. The zero-order chi connectivity index (χ0) is 21.8. The lowest BCUT2D eigenvalue weighted by Gasteiger charge is -2.22. The molecule has 0 saturated carbocycles. The minimum Gasteiger partial charge on any atom is -0.356 e. The molecule has 3 saturated heterocycles. The highest BCUT2D eigenvalue weighted by Gasteiger charge is 2.44. The first-order valence-electron chi connectivity index (χ1n) is 10.2. The Bertz CT molecular complexity index is 1110. The van der Waals surface area contributed by atoms with Gasteiger partial charge in [-0.2, -0.15) is 4.31 Å². The van der Waals surface area contributed by atoms with Crippen LogP contribution in [0, 0.1) is 17.7 Å². The Morgan fingerprint density at radius 1 is 0.871 bits per heavy atom. The van der Waals surface area contributed by atoms with Gasteiger partial charge in [0.05, 0.1) is 16.8 Å². The molecule has 4 heterocycles. The van der Waals surface area contributed by atoms with E-state index in [1.54, 1.807) is 6.07 Å². The molecule has 10 heteroatoms. The van der Waals surface area contributed by atoms with Gasteiger partial charge in [0.25, 0.3) is 0 Å². The number of nitrogens with zero attached hydrogens (tertiary/aromatic N) is 4. The maximum atomic E-state index is 13.1. The molecule has 2 unspecified atom stereocenters. The van der Waals surface area contributed by atoms with Crippen LogP contribution in [0.5, 0.6) is 0 Å². The molecule has 3 aliphatic rings. The summed E-state index contributed by atoms with van der Waals surface area (Å²) in [6.07, 6.45) is 1.55. The van der Waals surface area contributed by atoms with Crippen molar-refractivity contribution < 1.29 is 22.4 Å². The second-order valence-corrected chi connectivity index (χ2v) is 10.1. The second-order valence-electron chi connectivity index (χ2n) is 8.20. The molecule has 1 aromatic carbocycles. The summed E-state index contributed by atoms with van der Waals surface area (Å²) in [6.45, 7) is 2.17. The molecule has 1 aromatic heterocycles. The van der Waals surface area contributed by atoms with Gasteiger partial charge in [-0.15, -0.1) is 0 Å². The molecule has 5 rings (SSSR count). The monoisotopic (exact) mass is 444 g/mol. The molecule has 0 bridgehead atoms. The van der Waals surface area contributed by atoms with Crippen LogP contribution in [0.25, 0.3) is 0 Å². The van der Waals surface area contributed by atoms with Gasteiger partial charge in [0.2, 0.25) is 21.8 Å². The summed E-state index contributed by atoms with van der Waals surface area (Å²) in [5, 5.41) is 0. The topological polar surface area (TPSA) is 90.9 Å². The van der Waals surface area contributed by atoms with Crippen molar-refractivity contribution in [3.63, 3.8) is 0 Å². The molecular formula is C21H21FN4O4S. The van der Waals surface area contributed by atoms with Crippen molar-refractivity contribution in [1.82, 2.24) is 9.29 Å². The third-order valence-corrected chi connectivity index (χ3v) is 8.12. The number of imide groups is 1. The lowest BCUT2D eigenvalue weighted by Crippen LogP contribution is -2.33. The summed E-state index contributed by atoms with van der Waals surface area (Å²) in [5.41, 5.74) is 0.396. The summed E-state index contributed by atoms with van der Waals surface area (Å²) in [5.74, 6) is 0.138. The normalized spacial score (nSPS) is 24.3. The Balaban J connectivity index is 1.28. The Labute approximate surface area is 179 Å². The van der Waals surface area contributed by atoms with Crippen molar-refractivity contribution in [2.24, 2.45) is 11.8 Å². The maximum Gasteiger partial charge on any atom is 0.243 e. The van der Waals surface area contributed by atoms with E-state index in [2.05, 4.69) is 9.88 Å². The number of halogens is 1. The minimum absolute atomic E-state index is 0.146. The number of aromatic nitrogens is 1. The smallest absolute Gasteiger partial charge is 0.243 e. The van der Waals surface area contributed by atoms with Crippen molar-refractivity contribution in [2.75, 3.05) is 36.0 Å². The van der Waals surface area contributed by atoms with Crippen LogP contribution in [0.1, 0.15) is 12.8 Å². The molecule has 3 aliphatic heterocycles. The number of benzene rings is 1. The number of sulfonamides is 1. The van der Waals surface area contributed by atoms with Crippen molar-refractivity contribution >= 4 is 33.3 Å². The molecule has 0 N–H and O–H groups in total. The molecule has 0 spiro atoms. The first-order valence-corrected chi connectivity index (χ1v) is 11.6. The molecule has 8 nitrogen and oxygen atoms in total. The largest absolute Gasteiger partial charge is 0.356 e. The summed E-state index contributed by atoms with van der Waals surface area (Å²) in [6, 6.07) is 8.93. The molecule has 3 fully saturated rings. The third-order valence-electron chi connectivity index (χ3n) is 6.27. The lowest BCUT2D eigenvalue weighted by molar-refractivity contribution is -0.121. The first-order chi connectivity index (χ1) is 14.8. The van der Waals surface area contributed by atoms with E-state index >= 15 is 0 Å². The Kier molecular flexibility index (Phi) is 4.78. The molecular weight excluding hydrogens is 423 g/mol. The summed E-state index contributed by atoms with van der Waals surface area (Å²) >= 11 is 0. The number of carbonyl (C=O) groups is 2. The van der Waals surface area contributed by atoms with Gasteiger partial charge in [0, 0.05) is 39.0 Å². The number of anilines is 2. The fourth-order valence-corrected chi connectivity index (χ4v) is 6.22. The average Bonchev–Trinajstić information content (AvgIpc) is 3.42. The maximum absolute atomic E-state index is 13.1. The van der Waals surface area contributed by atoms with Gasteiger partial charge in [-0.3, -0.25) is 14.5 Å². The van der Waals surface area contributed by atoms with E-state index in [4.69, 9.17) is 0 Å². The SMILES string of the molecule is O=C1CCC(=O)N1c1ccc(S(=O)(=O)N2CC3CN(c4ccc(F)cn4)CC3C2)cc1. The molecule has 0 radical (unpaired) electrons. The average molecular weight is 444 g/mol. The van der Waals surface area contributed by atoms with E-state index in [1.165, 1.54) is 40.8 Å². The fourth-order valence-electron chi connectivity index (χ4n) is 4.67. The number of carbonyl (C=O) groups excluding carboxylic acids is 2. The van der Waals surface area contributed by atoms with Crippen LogP contribution >= 0.6 is 0 Å². The Morgan fingerprint density at radius 2 is 1.48 bits per heavy atom. The van der Waals surface area contributed by atoms with E-state index in [9.17, 15) is 22.4 Å². The number of amides is 2. The quantitative estimate of drug-likeness (QED) is 0.666. The van der Waals surface area contributed by atoms with Crippen molar-refractivity contribution in [3.8, 4) is 0 Å². The predicted molar refractivity (Wildman–Crippen MR) is 110 cm³/mol. The van der Waals surface area contributed by atoms with E-state index < -0.39 is 10.0 Å². The van der Waals surface area contributed by atoms with Gasteiger partial charge in [-0.1, -0.05) is 0 Å². The van der Waals surface area contributed by atoms with Crippen LogP contribution in [-0.2, 0) is 19.6 Å². The Hall–Kier alpha value is -2.85. The van der Waals surface area contributed by atoms with Gasteiger partial charge < -0.3 is 4.90 Å². The number of rotatable bonds is 4. The van der Waals surface area contributed by atoms with E-state index in [-0.39, 0.29) is 47.2 Å². The minimum atomic E-state index is -3.67. The molecule has 31 heavy (non-hydrogen) atoms. The van der Waals surface area contributed by atoms with Crippen molar-refractivity contribution in [3.05, 3.63) is 48.4 Å². The van der Waals surface area contributed by atoms with Gasteiger partial charge in [0.1, 0.15) is 11.6 Å². The number of pyridine rings is 1. The van der Waals surface area contributed by atoms with Crippen LogP contribution < -0.4 is 9.80 Å². The van der Waals surface area contributed by atoms with Crippen molar-refractivity contribution in [2.45, 2.75) is 17.7 Å². The zero-order valence-electron chi connectivity index (χ0n) is 16.6. The van der Waals surface area contributed by atoms with E-state index in [1.807, 2.05) is 0 Å². The second kappa shape index (κ2) is 7.38. The standard InChI is InChI=1S/C21H21FN4O4S/c22-16-1-6-19(23-9-16)24-10-14-12-25(13-15(14)11-24)31(29,30)18-4-2-17(3-5-18)26-20(27)7-8-21(26)28/h1-6,9,14-15H,7-8,10-13H2. The number of hydrogen-bond donors (Lipinski definition) is 0. The van der Waals surface area contributed by atoms with Gasteiger partial charge >= 0.3 is 0 Å². The molecule has 2 atom stereocenters. The molecule has 2 amide bonds. The molecule has 2 aromatic rings. The van der Waals surface area contributed by atoms with Gasteiger partial charge in [-0.25, -0.2) is 17.8 Å². The van der Waals surface area contributed by atoms with Crippen LogP contribution in [0.2, 0.25) is 0 Å². The number of hydrogen-bond acceptors (Lipinski definition) is 6. The van der Waals surface area contributed by atoms with Crippen LogP contribution in [0.3, 0.4) is 0 Å². The number of fused-ring (bicyclic) bond motifs is 1. The third kappa shape index (κ3) is 3.49. The van der Waals surface area contributed by atoms with Gasteiger partial charge in [0.15, 0.2) is 0 Å². The highest BCUT2D eigenvalue weighted by atomic mass is 32.2. The molecule has 0 aliphatic carbocycles. The van der Waals surface area contributed by atoms with Crippen LogP contribution in [0.15, 0.2) is 47.5 Å². The summed E-state index contributed by atoms with van der Waals surface area (Å²) < 4.78 is 40.9. The lowest BCUT2D eigenvalue weighted by atomic mass is 10.0. The predicted octanol–water partition coefficient (Wildman–Crippen LogP) is 1.63. The summed E-state index contributed by atoms with van der Waals surface area (Å²) in [7, 11) is -3.67. The van der Waals surface area contributed by atoms with E-state index in [0.29, 0.717) is 37.7 Å². The molecule has 162 valence electrons. The first kappa shape index (κ1) is 20.1. The van der Waals surface area contributed by atoms with Crippen LogP contribution in [0.4, 0.5) is 15.9 Å². The van der Waals surface area contributed by atoms with Crippen LogP contribution in [-0.4, -0.2) is 55.7 Å². The Morgan fingerprint density at radius 3 is 2.03 bits per heavy atom. The highest BCUT2D eigenvalue weighted by Crippen LogP contribution is 2.36. The van der Waals surface area contributed by atoms with Crippen molar-refractivity contribution in [1.29, 1.82) is 0 Å². The van der Waals surface area contributed by atoms with E-state index in [0.717, 1.165) is 4.90 Å². The van der Waals surface area contributed by atoms with Gasteiger partial charge in [-0.05, 0) is 48.2 Å². The fraction of sp³-hybridized carbons (Fsp3) is 0.381. The zero-order valence-corrected chi connectivity index (χ0v) is 17.5. The highest BCUT2D eigenvalue weighted by molar-refractivity contribution is 7.89.